The Morgan fingerprint density at radius 2 is 1.63 bits per heavy atom. The van der Waals surface area contributed by atoms with Crippen molar-refractivity contribution in [1.29, 1.82) is 0 Å². The van der Waals surface area contributed by atoms with E-state index in [1.54, 1.807) is 7.11 Å². The van der Waals surface area contributed by atoms with Crippen molar-refractivity contribution in [1.82, 2.24) is 5.32 Å². The molecule has 27 heavy (non-hydrogen) atoms. The first kappa shape index (κ1) is 23.0. The van der Waals surface area contributed by atoms with Gasteiger partial charge in [-0.2, -0.15) is 0 Å². The quantitative estimate of drug-likeness (QED) is 0.769. The molecule has 0 unspecified atom stereocenters. The van der Waals surface area contributed by atoms with Gasteiger partial charge in [0.05, 0.1) is 7.11 Å². The van der Waals surface area contributed by atoms with Crippen LogP contribution in [0.2, 0.25) is 0 Å². The van der Waals surface area contributed by atoms with Crippen LogP contribution in [0.4, 0.5) is 5.69 Å². The van der Waals surface area contributed by atoms with E-state index in [9.17, 15) is 0 Å². The van der Waals surface area contributed by atoms with Crippen LogP contribution in [0.1, 0.15) is 51.7 Å². The zero-order valence-electron chi connectivity index (χ0n) is 18.1. The number of methoxy groups -OCH3 is 1. The summed E-state index contributed by atoms with van der Waals surface area (Å²) in [4.78, 5) is 2.46. The highest BCUT2D eigenvalue weighted by molar-refractivity contribution is 5.49. The van der Waals surface area contributed by atoms with Crippen molar-refractivity contribution in [2.75, 3.05) is 38.2 Å². The monoisotopic (exact) mass is 370 g/mol. The Bertz CT molecular complexity index is 594. The maximum absolute atomic E-state index is 5.01. The molecule has 3 heteroatoms. The van der Waals surface area contributed by atoms with Crippen LogP contribution in [0.3, 0.4) is 0 Å². The minimum absolute atomic E-state index is 0.618. The van der Waals surface area contributed by atoms with Crippen molar-refractivity contribution in [3.05, 3.63) is 59.7 Å². The number of nitrogens with one attached hydrogen (secondary N) is 1. The van der Waals surface area contributed by atoms with Crippen LogP contribution < -0.4 is 15.0 Å². The first-order chi connectivity index (χ1) is 13.1. The molecule has 0 aromatic heterocycles. The molecule has 3 rings (SSSR count). The number of hydrogen-bond donors (Lipinski definition) is 1. The molecule has 0 saturated carbocycles. The van der Waals surface area contributed by atoms with Crippen LogP contribution in [-0.2, 0) is 6.42 Å². The normalized spacial score (nSPS) is 13.2. The number of anilines is 1. The highest BCUT2D eigenvalue weighted by atomic mass is 16.5. The molecule has 0 radical (unpaired) electrons. The molecule has 1 saturated heterocycles. The van der Waals surface area contributed by atoms with Crippen LogP contribution >= 0.6 is 0 Å². The SMILES string of the molecule is CC.CC(C)c1cccc(N2CCNCC2)c1.CCc1ccc(OC)cc1. The fraction of sp³-hybridized carbons (Fsp3) is 0.500. The average Bonchev–Trinajstić information content (AvgIpc) is 2.76. The van der Waals surface area contributed by atoms with Crippen LogP contribution in [0, 0.1) is 0 Å². The maximum Gasteiger partial charge on any atom is 0.118 e. The molecule has 1 N–H and O–H groups in total. The number of benzene rings is 2. The summed E-state index contributed by atoms with van der Waals surface area (Å²) < 4.78 is 5.01. The highest BCUT2D eigenvalue weighted by Gasteiger charge is 2.10. The average molecular weight is 371 g/mol. The lowest BCUT2D eigenvalue weighted by Crippen LogP contribution is -2.43. The molecular weight excluding hydrogens is 332 g/mol. The van der Waals surface area contributed by atoms with E-state index in [0.717, 1.165) is 38.3 Å². The summed E-state index contributed by atoms with van der Waals surface area (Å²) in [5, 5.41) is 3.38. The Hall–Kier alpha value is -2.00. The Labute approximate surface area is 166 Å². The molecule has 1 aliphatic heterocycles. The maximum atomic E-state index is 5.01. The topological polar surface area (TPSA) is 24.5 Å². The number of nitrogens with zero attached hydrogens (tertiary/aromatic N) is 1. The number of rotatable bonds is 4. The highest BCUT2D eigenvalue weighted by Crippen LogP contribution is 2.21. The van der Waals surface area contributed by atoms with Gasteiger partial charge >= 0.3 is 0 Å². The van der Waals surface area contributed by atoms with Gasteiger partial charge in [-0.05, 0) is 47.7 Å². The Morgan fingerprint density at radius 3 is 2.15 bits per heavy atom. The summed E-state index contributed by atoms with van der Waals surface area (Å²) in [7, 11) is 1.68. The summed E-state index contributed by atoms with van der Waals surface area (Å²) >= 11 is 0. The van der Waals surface area contributed by atoms with E-state index in [1.807, 2.05) is 26.0 Å². The van der Waals surface area contributed by atoms with Crippen LogP contribution in [-0.4, -0.2) is 33.3 Å². The van der Waals surface area contributed by atoms with E-state index in [2.05, 4.69) is 67.4 Å². The first-order valence-electron chi connectivity index (χ1n) is 10.3. The van der Waals surface area contributed by atoms with Gasteiger partial charge in [0, 0.05) is 31.9 Å². The molecule has 150 valence electrons. The molecule has 0 bridgehead atoms. The Morgan fingerprint density at radius 1 is 1.00 bits per heavy atom. The molecule has 1 heterocycles. The van der Waals surface area contributed by atoms with Crippen molar-refractivity contribution in [2.24, 2.45) is 0 Å². The van der Waals surface area contributed by atoms with E-state index >= 15 is 0 Å². The molecule has 2 aromatic carbocycles. The fourth-order valence-corrected chi connectivity index (χ4v) is 2.86. The van der Waals surface area contributed by atoms with E-state index in [-0.39, 0.29) is 0 Å². The first-order valence-corrected chi connectivity index (χ1v) is 10.3. The molecule has 0 amide bonds. The second-order valence-corrected chi connectivity index (χ2v) is 6.69. The second-order valence-electron chi connectivity index (χ2n) is 6.69. The van der Waals surface area contributed by atoms with Gasteiger partial charge in [0.25, 0.3) is 0 Å². The van der Waals surface area contributed by atoms with E-state index < -0.39 is 0 Å². The molecule has 0 atom stereocenters. The predicted octanol–water partition coefficient (Wildman–Crippen LogP) is 5.50. The lowest BCUT2D eigenvalue weighted by atomic mass is 10.0. The molecule has 3 nitrogen and oxygen atoms in total. The third-order valence-corrected chi connectivity index (χ3v) is 4.59. The van der Waals surface area contributed by atoms with Crippen LogP contribution in [0.5, 0.6) is 5.75 Å². The van der Waals surface area contributed by atoms with Crippen LogP contribution in [0.15, 0.2) is 48.5 Å². The standard InChI is InChI=1S/C13H20N2.C9H12O.C2H6/c1-11(2)12-4-3-5-13(10-12)15-8-6-14-7-9-15;1-3-8-4-6-9(10-2)7-5-8;1-2/h3-5,10-11,14H,6-9H2,1-2H3;4-7H,3H2,1-2H3;1-2H3. The Kier molecular flexibility index (Phi) is 11.3. The predicted molar refractivity (Wildman–Crippen MR) is 119 cm³/mol. The van der Waals surface area contributed by atoms with Gasteiger partial charge in [-0.15, -0.1) is 0 Å². The minimum atomic E-state index is 0.618. The zero-order valence-corrected chi connectivity index (χ0v) is 18.1. The van der Waals surface area contributed by atoms with Gasteiger partial charge in [0.15, 0.2) is 0 Å². The summed E-state index contributed by atoms with van der Waals surface area (Å²) in [6, 6.07) is 17.1. The van der Waals surface area contributed by atoms with E-state index in [1.165, 1.54) is 16.8 Å². The van der Waals surface area contributed by atoms with Crippen molar-refractivity contribution < 1.29 is 4.74 Å². The summed E-state index contributed by atoms with van der Waals surface area (Å²) in [6.45, 7) is 15.1. The van der Waals surface area contributed by atoms with Gasteiger partial charge in [-0.3, -0.25) is 0 Å². The van der Waals surface area contributed by atoms with Gasteiger partial charge in [-0.25, -0.2) is 0 Å². The van der Waals surface area contributed by atoms with Gasteiger partial charge < -0.3 is 15.0 Å². The minimum Gasteiger partial charge on any atom is -0.497 e. The fourth-order valence-electron chi connectivity index (χ4n) is 2.86. The van der Waals surface area contributed by atoms with Gasteiger partial charge in [-0.1, -0.05) is 58.9 Å². The number of hydrogen-bond acceptors (Lipinski definition) is 3. The number of aryl methyl sites for hydroxylation is 1. The zero-order chi connectivity index (χ0) is 20.1. The molecule has 2 aromatic rings. The number of piperazine rings is 1. The molecule has 0 aliphatic carbocycles. The lowest BCUT2D eigenvalue weighted by Gasteiger charge is -2.30. The Balaban J connectivity index is 0.000000265. The van der Waals surface area contributed by atoms with Crippen molar-refractivity contribution in [3.8, 4) is 5.75 Å². The molecule has 1 aliphatic rings. The van der Waals surface area contributed by atoms with Crippen LogP contribution in [0.25, 0.3) is 0 Å². The van der Waals surface area contributed by atoms with Crippen molar-refractivity contribution >= 4 is 5.69 Å². The van der Waals surface area contributed by atoms with Gasteiger partial charge in [0.2, 0.25) is 0 Å². The van der Waals surface area contributed by atoms with Crippen molar-refractivity contribution in [2.45, 2.75) is 47.0 Å². The smallest absolute Gasteiger partial charge is 0.118 e. The summed E-state index contributed by atoms with van der Waals surface area (Å²) in [5.41, 5.74) is 4.16. The third-order valence-electron chi connectivity index (χ3n) is 4.59. The largest absolute Gasteiger partial charge is 0.497 e. The lowest BCUT2D eigenvalue weighted by molar-refractivity contribution is 0.414. The summed E-state index contributed by atoms with van der Waals surface area (Å²) in [6.07, 6.45) is 1.09. The molecule has 0 spiro atoms. The number of ether oxygens (including phenoxy) is 1. The van der Waals surface area contributed by atoms with Gasteiger partial charge in [0.1, 0.15) is 5.75 Å². The van der Waals surface area contributed by atoms with E-state index in [4.69, 9.17) is 4.74 Å². The third kappa shape index (κ3) is 8.04. The second kappa shape index (κ2) is 13.2. The van der Waals surface area contributed by atoms with E-state index in [0.29, 0.717) is 5.92 Å². The summed E-state index contributed by atoms with van der Waals surface area (Å²) in [5.74, 6) is 1.55. The molecule has 1 fully saturated rings. The van der Waals surface area contributed by atoms with Crippen molar-refractivity contribution in [3.63, 3.8) is 0 Å². The molecular formula is C24H38N2O.